The van der Waals surface area contributed by atoms with Crippen molar-refractivity contribution < 1.29 is 9.53 Å². The topological polar surface area (TPSA) is 32.7 Å². The molecule has 0 fully saturated rings. The van der Waals surface area contributed by atoms with E-state index in [2.05, 4.69) is 63.9 Å². The molecule has 1 heterocycles. The van der Waals surface area contributed by atoms with Crippen molar-refractivity contribution in [1.29, 1.82) is 0 Å². The van der Waals surface area contributed by atoms with Gasteiger partial charge in [0.15, 0.2) is 8.32 Å². The van der Waals surface area contributed by atoms with Crippen molar-refractivity contribution in [3.8, 4) is 0 Å². The van der Waals surface area contributed by atoms with E-state index in [1.807, 2.05) is 0 Å². The van der Waals surface area contributed by atoms with Crippen molar-refractivity contribution in [3.05, 3.63) is 29.3 Å². The average molecular weight is 336 g/mol. The van der Waals surface area contributed by atoms with Crippen LogP contribution >= 0.6 is 0 Å². The van der Waals surface area contributed by atoms with Crippen LogP contribution in [0.5, 0.6) is 0 Å². The van der Waals surface area contributed by atoms with Gasteiger partial charge in [-0.3, -0.25) is 0 Å². The maximum absolute atomic E-state index is 10.3. The molecule has 0 aromatic heterocycles. The third-order valence-electron chi connectivity index (χ3n) is 5.52. The number of aliphatic hydroxyl groups excluding tert-OH is 1. The number of nitrogens with zero attached hydrogens (tertiary/aromatic N) is 1. The first-order chi connectivity index (χ1) is 10.7. The standard InChI is InChI=1S/C19H33NO2Si/c1-7-20-13-11-17(21)16-10-8-9-15(18(16)20)12-14-22-23(5,6)19(2,3)4/h8-10,17,21H,7,11-14H2,1-6H3. The first-order valence-electron chi connectivity index (χ1n) is 8.86. The van der Waals surface area contributed by atoms with Crippen molar-refractivity contribution in [2.45, 2.75) is 64.8 Å². The molecule has 130 valence electrons. The molecule has 2 rings (SSSR count). The van der Waals surface area contributed by atoms with Crippen LogP contribution in [0, 0.1) is 0 Å². The van der Waals surface area contributed by atoms with E-state index >= 15 is 0 Å². The zero-order valence-electron chi connectivity index (χ0n) is 15.6. The van der Waals surface area contributed by atoms with E-state index in [-0.39, 0.29) is 11.1 Å². The summed E-state index contributed by atoms with van der Waals surface area (Å²) in [7, 11) is -1.70. The van der Waals surface area contributed by atoms with Gasteiger partial charge in [0, 0.05) is 30.9 Å². The van der Waals surface area contributed by atoms with Gasteiger partial charge in [-0.1, -0.05) is 39.0 Å². The van der Waals surface area contributed by atoms with Gasteiger partial charge >= 0.3 is 0 Å². The monoisotopic (exact) mass is 335 g/mol. The number of para-hydroxylation sites is 1. The molecule has 3 nitrogen and oxygen atoms in total. The summed E-state index contributed by atoms with van der Waals surface area (Å²) in [5, 5.41) is 10.6. The molecular weight excluding hydrogens is 302 g/mol. The van der Waals surface area contributed by atoms with E-state index in [1.54, 1.807) is 0 Å². The van der Waals surface area contributed by atoms with Gasteiger partial charge in [-0.15, -0.1) is 0 Å². The highest BCUT2D eigenvalue weighted by Crippen LogP contribution is 2.38. The van der Waals surface area contributed by atoms with E-state index in [4.69, 9.17) is 4.43 Å². The second kappa shape index (κ2) is 6.95. The molecule has 1 N–H and O–H groups in total. The number of anilines is 1. The van der Waals surface area contributed by atoms with E-state index in [0.29, 0.717) is 0 Å². The molecule has 1 atom stereocenters. The van der Waals surface area contributed by atoms with Crippen LogP contribution in [-0.4, -0.2) is 33.1 Å². The van der Waals surface area contributed by atoms with Crippen LogP contribution in [0.3, 0.4) is 0 Å². The molecule has 0 saturated carbocycles. The lowest BCUT2D eigenvalue weighted by Crippen LogP contribution is -2.41. The SMILES string of the molecule is CCN1CCC(O)c2cccc(CCO[Si](C)(C)C(C)(C)C)c21. The van der Waals surface area contributed by atoms with E-state index < -0.39 is 8.32 Å². The largest absolute Gasteiger partial charge is 0.416 e. The van der Waals surface area contributed by atoms with Crippen molar-refractivity contribution in [1.82, 2.24) is 0 Å². The average Bonchev–Trinajstić information content (AvgIpc) is 2.47. The van der Waals surface area contributed by atoms with Gasteiger partial charge in [-0.05, 0) is 43.5 Å². The normalized spacial score (nSPS) is 18.9. The summed E-state index contributed by atoms with van der Waals surface area (Å²) in [5.41, 5.74) is 3.64. The van der Waals surface area contributed by atoms with Crippen LogP contribution in [-0.2, 0) is 10.8 Å². The summed E-state index contributed by atoms with van der Waals surface area (Å²) in [6.45, 7) is 16.3. The molecular formula is C19H33NO2Si. The van der Waals surface area contributed by atoms with Crippen LogP contribution in [0.1, 0.15) is 51.3 Å². The summed E-state index contributed by atoms with van der Waals surface area (Å²) in [4.78, 5) is 2.39. The quantitative estimate of drug-likeness (QED) is 0.803. The highest BCUT2D eigenvalue weighted by Gasteiger charge is 2.37. The minimum atomic E-state index is -1.70. The van der Waals surface area contributed by atoms with Crippen molar-refractivity contribution in [2.75, 3.05) is 24.6 Å². The van der Waals surface area contributed by atoms with Crippen LogP contribution in [0.15, 0.2) is 18.2 Å². The second-order valence-corrected chi connectivity index (χ2v) is 12.9. The zero-order valence-corrected chi connectivity index (χ0v) is 16.6. The summed E-state index contributed by atoms with van der Waals surface area (Å²) >= 11 is 0. The Kier molecular flexibility index (Phi) is 5.59. The van der Waals surface area contributed by atoms with Gasteiger partial charge in [0.25, 0.3) is 0 Å². The Morgan fingerprint density at radius 3 is 2.61 bits per heavy atom. The number of aliphatic hydroxyl groups is 1. The lowest BCUT2D eigenvalue weighted by atomic mass is 9.94. The third kappa shape index (κ3) is 3.98. The third-order valence-corrected chi connectivity index (χ3v) is 10.1. The molecule has 0 saturated heterocycles. The van der Waals surface area contributed by atoms with Crippen LogP contribution in [0.25, 0.3) is 0 Å². The lowest BCUT2D eigenvalue weighted by Gasteiger charge is -2.37. The Hall–Kier alpha value is -0.843. The molecule has 0 spiro atoms. The molecule has 0 amide bonds. The molecule has 23 heavy (non-hydrogen) atoms. The zero-order chi connectivity index (χ0) is 17.3. The maximum Gasteiger partial charge on any atom is 0.191 e. The molecule has 1 aliphatic heterocycles. The van der Waals surface area contributed by atoms with Gasteiger partial charge in [0.2, 0.25) is 0 Å². The van der Waals surface area contributed by atoms with Gasteiger partial charge in [0.05, 0.1) is 6.10 Å². The summed E-state index contributed by atoms with van der Waals surface area (Å²) < 4.78 is 6.34. The minimum absolute atomic E-state index is 0.245. The maximum atomic E-state index is 10.3. The molecule has 0 radical (unpaired) electrons. The van der Waals surface area contributed by atoms with Crippen LogP contribution in [0.2, 0.25) is 18.1 Å². The van der Waals surface area contributed by atoms with Gasteiger partial charge in [-0.25, -0.2) is 0 Å². The van der Waals surface area contributed by atoms with Crippen molar-refractivity contribution in [3.63, 3.8) is 0 Å². The number of rotatable bonds is 5. The Labute approximate surface area is 142 Å². The fourth-order valence-corrected chi connectivity index (χ4v) is 4.01. The van der Waals surface area contributed by atoms with Crippen molar-refractivity contribution in [2.24, 2.45) is 0 Å². The molecule has 4 heteroatoms. The van der Waals surface area contributed by atoms with Crippen LogP contribution < -0.4 is 4.90 Å². The van der Waals surface area contributed by atoms with Gasteiger partial charge in [0.1, 0.15) is 0 Å². The van der Waals surface area contributed by atoms with Crippen molar-refractivity contribution >= 4 is 14.0 Å². The number of hydrogen-bond acceptors (Lipinski definition) is 3. The lowest BCUT2D eigenvalue weighted by molar-refractivity contribution is 0.164. The highest BCUT2D eigenvalue weighted by atomic mass is 28.4. The molecule has 0 bridgehead atoms. The predicted octanol–water partition coefficient (Wildman–Crippen LogP) is 4.51. The molecule has 1 unspecified atom stereocenters. The Morgan fingerprint density at radius 1 is 1.30 bits per heavy atom. The summed E-state index contributed by atoms with van der Waals surface area (Å²) in [6, 6.07) is 6.33. The Morgan fingerprint density at radius 2 is 2.00 bits per heavy atom. The van der Waals surface area contributed by atoms with E-state index in [1.165, 1.54) is 11.3 Å². The Balaban J connectivity index is 2.14. The van der Waals surface area contributed by atoms with Gasteiger partial charge < -0.3 is 14.4 Å². The molecule has 1 aromatic carbocycles. The smallest absolute Gasteiger partial charge is 0.191 e. The minimum Gasteiger partial charge on any atom is -0.416 e. The molecule has 1 aromatic rings. The fourth-order valence-electron chi connectivity index (χ4n) is 2.96. The second-order valence-electron chi connectivity index (χ2n) is 8.10. The van der Waals surface area contributed by atoms with Gasteiger partial charge in [-0.2, -0.15) is 0 Å². The number of fused-ring (bicyclic) bond motifs is 1. The van der Waals surface area contributed by atoms with E-state index in [9.17, 15) is 5.11 Å². The summed E-state index contributed by atoms with van der Waals surface area (Å²) in [5.74, 6) is 0. The molecule has 1 aliphatic rings. The number of benzene rings is 1. The first kappa shape index (κ1) is 18.5. The summed E-state index contributed by atoms with van der Waals surface area (Å²) in [6.07, 6.45) is 1.41. The Bertz CT molecular complexity index is 537. The fraction of sp³-hybridized carbons (Fsp3) is 0.684. The first-order valence-corrected chi connectivity index (χ1v) is 11.8. The number of hydrogen-bond donors (Lipinski definition) is 1. The predicted molar refractivity (Wildman–Crippen MR) is 101 cm³/mol. The highest BCUT2D eigenvalue weighted by molar-refractivity contribution is 6.74. The molecule has 0 aliphatic carbocycles. The van der Waals surface area contributed by atoms with E-state index in [0.717, 1.165) is 38.1 Å². The van der Waals surface area contributed by atoms with Crippen LogP contribution in [0.4, 0.5) is 5.69 Å².